The number of halogens is 3. The molecule has 0 aromatic heterocycles. The maximum absolute atomic E-state index is 13.0. The molecule has 0 amide bonds. The van der Waals surface area contributed by atoms with Crippen LogP contribution in [0.4, 0.5) is 13.2 Å². The first-order valence-electron chi connectivity index (χ1n) is 10.3. The number of ether oxygens (including phenoxy) is 2. The SMILES string of the molecule is COC(=O)CCCCC(C=Cc1cccc(C(F)(F)F)c1)Cc1ccc(C(=O)OC)cc1. The number of methoxy groups -OCH3 is 2. The van der Waals surface area contributed by atoms with E-state index in [1.807, 2.05) is 18.2 Å². The van der Waals surface area contributed by atoms with Gasteiger partial charge in [-0.05, 0) is 60.6 Å². The van der Waals surface area contributed by atoms with E-state index in [0.717, 1.165) is 30.5 Å². The van der Waals surface area contributed by atoms with Gasteiger partial charge in [0.1, 0.15) is 0 Å². The van der Waals surface area contributed by atoms with Crippen molar-refractivity contribution < 1.29 is 32.2 Å². The molecule has 7 heteroatoms. The molecule has 0 heterocycles. The van der Waals surface area contributed by atoms with Gasteiger partial charge >= 0.3 is 18.1 Å². The molecule has 2 aromatic rings. The Balaban J connectivity index is 2.12. The van der Waals surface area contributed by atoms with Gasteiger partial charge in [-0.2, -0.15) is 13.2 Å². The van der Waals surface area contributed by atoms with Crippen molar-refractivity contribution >= 4 is 18.0 Å². The molecular weight excluding hydrogens is 421 g/mol. The van der Waals surface area contributed by atoms with Crippen LogP contribution in [0.2, 0.25) is 0 Å². The van der Waals surface area contributed by atoms with Crippen LogP contribution in [-0.2, 0) is 26.9 Å². The van der Waals surface area contributed by atoms with Crippen molar-refractivity contribution in [2.75, 3.05) is 14.2 Å². The number of allylic oxidation sites excluding steroid dienone is 1. The zero-order chi connectivity index (χ0) is 23.6. The second kappa shape index (κ2) is 12.1. The summed E-state index contributed by atoms with van der Waals surface area (Å²) >= 11 is 0. The van der Waals surface area contributed by atoms with Crippen molar-refractivity contribution in [3.8, 4) is 0 Å². The molecule has 1 atom stereocenters. The summed E-state index contributed by atoms with van der Waals surface area (Å²) in [5, 5.41) is 0. The number of carbonyl (C=O) groups is 2. The topological polar surface area (TPSA) is 52.6 Å². The number of unbranched alkanes of at least 4 members (excludes halogenated alkanes) is 1. The smallest absolute Gasteiger partial charge is 0.416 e. The molecular formula is C25H27F3O4. The molecule has 2 rings (SSSR count). The highest BCUT2D eigenvalue weighted by molar-refractivity contribution is 5.89. The van der Waals surface area contributed by atoms with E-state index in [4.69, 9.17) is 4.74 Å². The standard InChI is InChI=1S/C25H27F3O4/c1-31-23(29)9-4-3-6-18(16-20-12-14-21(15-13-20)24(30)32-2)10-11-19-7-5-8-22(17-19)25(26,27)28/h5,7-8,10-15,17-18H,3-4,6,9,16H2,1-2H3. The highest BCUT2D eigenvalue weighted by Crippen LogP contribution is 2.30. The van der Waals surface area contributed by atoms with Crippen molar-refractivity contribution in [1.82, 2.24) is 0 Å². The van der Waals surface area contributed by atoms with Crippen LogP contribution < -0.4 is 0 Å². The maximum Gasteiger partial charge on any atom is 0.416 e. The molecule has 0 saturated carbocycles. The minimum Gasteiger partial charge on any atom is -0.469 e. The summed E-state index contributed by atoms with van der Waals surface area (Å²) in [6.07, 6.45) is 2.38. The average Bonchev–Trinajstić information content (AvgIpc) is 2.79. The number of hydrogen-bond acceptors (Lipinski definition) is 4. The third-order valence-corrected chi connectivity index (χ3v) is 5.08. The Labute approximate surface area is 186 Å². The number of hydrogen-bond donors (Lipinski definition) is 0. The zero-order valence-electron chi connectivity index (χ0n) is 18.2. The van der Waals surface area contributed by atoms with E-state index in [-0.39, 0.29) is 11.9 Å². The monoisotopic (exact) mass is 448 g/mol. The van der Waals surface area contributed by atoms with Crippen LogP contribution >= 0.6 is 0 Å². The fourth-order valence-electron chi connectivity index (χ4n) is 3.31. The van der Waals surface area contributed by atoms with E-state index in [0.29, 0.717) is 30.4 Å². The summed E-state index contributed by atoms with van der Waals surface area (Å²) in [7, 11) is 2.67. The van der Waals surface area contributed by atoms with Crippen LogP contribution in [0.3, 0.4) is 0 Å². The molecule has 0 N–H and O–H groups in total. The molecule has 0 bridgehead atoms. The molecule has 0 fully saturated rings. The summed E-state index contributed by atoms with van der Waals surface area (Å²) in [6, 6.07) is 12.2. The number of benzene rings is 2. The molecule has 0 aliphatic rings. The van der Waals surface area contributed by atoms with Crippen LogP contribution in [0.5, 0.6) is 0 Å². The summed E-state index contributed by atoms with van der Waals surface area (Å²) in [6.45, 7) is 0. The lowest BCUT2D eigenvalue weighted by molar-refractivity contribution is -0.140. The normalized spacial score (nSPS) is 12.5. The zero-order valence-corrected chi connectivity index (χ0v) is 18.2. The highest BCUT2D eigenvalue weighted by atomic mass is 19.4. The van der Waals surface area contributed by atoms with Gasteiger partial charge in [-0.1, -0.05) is 42.8 Å². The largest absolute Gasteiger partial charge is 0.469 e. The predicted octanol–water partition coefficient (Wildman–Crippen LogP) is 6.10. The van der Waals surface area contributed by atoms with Crippen LogP contribution in [0.15, 0.2) is 54.6 Å². The lowest BCUT2D eigenvalue weighted by Gasteiger charge is -2.14. The summed E-state index contributed by atoms with van der Waals surface area (Å²) < 4.78 is 48.3. The Hall–Kier alpha value is -3.09. The van der Waals surface area contributed by atoms with Gasteiger partial charge in [-0.3, -0.25) is 4.79 Å². The molecule has 0 spiro atoms. The Kier molecular flexibility index (Phi) is 9.50. The van der Waals surface area contributed by atoms with Gasteiger partial charge in [-0.25, -0.2) is 4.79 Å². The van der Waals surface area contributed by atoms with Gasteiger partial charge in [0.25, 0.3) is 0 Å². The Morgan fingerprint density at radius 2 is 1.72 bits per heavy atom. The summed E-state index contributed by atoms with van der Waals surface area (Å²) in [5.74, 6) is -0.633. The first-order chi connectivity index (χ1) is 15.2. The number of alkyl halides is 3. The lowest BCUT2D eigenvalue weighted by atomic mass is 9.92. The molecule has 1 unspecified atom stereocenters. The molecule has 0 saturated heterocycles. The molecule has 0 aliphatic carbocycles. The van der Waals surface area contributed by atoms with Gasteiger partial charge in [-0.15, -0.1) is 0 Å². The second-order valence-corrected chi connectivity index (χ2v) is 7.46. The summed E-state index contributed by atoms with van der Waals surface area (Å²) in [5.41, 5.74) is 1.22. The fraction of sp³-hybridized carbons (Fsp3) is 0.360. The van der Waals surface area contributed by atoms with E-state index < -0.39 is 17.7 Å². The quantitative estimate of drug-likeness (QED) is 0.326. The van der Waals surface area contributed by atoms with E-state index in [1.165, 1.54) is 20.3 Å². The minimum atomic E-state index is -4.39. The predicted molar refractivity (Wildman–Crippen MR) is 116 cm³/mol. The van der Waals surface area contributed by atoms with Crippen molar-refractivity contribution in [2.24, 2.45) is 5.92 Å². The Morgan fingerprint density at radius 1 is 1.00 bits per heavy atom. The van der Waals surface area contributed by atoms with Gasteiger partial charge in [0.05, 0.1) is 25.3 Å². The maximum atomic E-state index is 13.0. The van der Waals surface area contributed by atoms with Gasteiger partial charge in [0.15, 0.2) is 0 Å². The Morgan fingerprint density at radius 3 is 2.34 bits per heavy atom. The first-order valence-corrected chi connectivity index (χ1v) is 10.3. The molecule has 0 radical (unpaired) electrons. The number of esters is 2. The lowest BCUT2D eigenvalue weighted by Crippen LogP contribution is -2.05. The van der Waals surface area contributed by atoms with E-state index in [1.54, 1.807) is 24.3 Å². The van der Waals surface area contributed by atoms with E-state index in [9.17, 15) is 22.8 Å². The molecule has 172 valence electrons. The van der Waals surface area contributed by atoms with Crippen molar-refractivity contribution in [3.05, 3.63) is 76.9 Å². The minimum absolute atomic E-state index is 0.0474. The highest BCUT2D eigenvalue weighted by Gasteiger charge is 2.30. The number of rotatable bonds is 10. The van der Waals surface area contributed by atoms with Gasteiger partial charge < -0.3 is 9.47 Å². The van der Waals surface area contributed by atoms with E-state index >= 15 is 0 Å². The average molecular weight is 448 g/mol. The van der Waals surface area contributed by atoms with Crippen molar-refractivity contribution in [3.63, 3.8) is 0 Å². The number of carbonyl (C=O) groups excluding carboxylic acids is 2. The van der Waals surface area contributed by atoms with Crippen LogP contribution in [-0.4, -0.2) is 26.2 Å². The van der Waals surface area contributed by atoms with Crippen LogP contribution in [0.1, 0.15) is 52.7 Å². The van der Waals surface area contributed by atoms with Crippen molar-refractivity contribution in [2.45, 2.75) is 38.3 Å². The molecule has 32 heavy (non-hydrogen) atoms. The third kappa shape index (κ3) is 8.21. The fourth-order valence-corrected chi connectivity index (χ4v) is 3.31. The van der Waals surface area contributed by atoms with Gasteiger partial charge in [0, 0.05) is 6.42 Å². The second-order valence-electron chi connectivity index (χ2n) is 7.46. The van der Waals surface area contributed by atoms with Crippen molar-refractivity contribution in [1.29, 1.82) is 0 Å². The van der Waals surface area contributed by atoms with Crippen LogP contribution in [0.25, 0.3) is 6.08 Å². The molecule has 0 aliphatic heterocycles. The van der Waals surface area contributed by atoms with Crippen LogP contribution in [0, 0.1) is 5.92 Å². The molecule has 4 nitrogen and oxygen atoms in total. The molecule has 2 aromatic carbocycles. The Bertz CT molecular complexity index is 918. The first kappa shape index (κ1) is 25.2. The van der Waals surface area contributed by atoms with E-state index in [2.05, 4.69) is 4.74 Å². The van der Waals surface area contributed by atoms with Gasteiger partial charge in [0.2, 0.25) is 0 Å². The third-order valence-electron chi connectivity index (χ3n) is 5.08. The summed E-state index contributed by atoms with van der Waals surface area (Å²) in [4.78, 5) is 22.9.